The van der Waals surface area contributed by atoms with Crippen molar-refractivity contribution < 1.29 is 47.3 Å². The van der Waals surface area contributed by atoms with Gasteiger partial charge in [0.05, 0.1) is 12.6 Å². The van der Waals surface area contributed by atoms with Crippen LogP contribution in [0.4, 0.5) is 13.6 Å². The Morgan fingerprint density at radius 3 is 2.11 bits per heavy atom. The molecule has 12 heteroatoms. The topological polar surface area (TPSA) is 140 Å². The quantitative estimate of drug-likeness (QED) is 0.236. The number of alkyl carbamates (subject to hydrolysis) is 1. The summed E-state index contributed by atoms with van der Waals surface area (Å²) >= 11 is 0. The second kappa shape index (κ2) is 13.1. The largest absolute Gasteiger partial charge is 0.489 e. The first-order chi connectivity index (χ1) is 21.1. The number of alkyl halides is 2. The fraction of sp³-hybridized carbons (Fsp3) is 0.312. The summed E-state index contributed by atoms with van der Waals surface area (Å²) in [4.78, 5) is 50.5. The average Bonchev–Trinajstić information content (AvgIpc) is 3.78. The van der Waals surface area contributed by atoms with Gasteiger partial charge in [-0.05, 0) is 66.1 Å². The van der Waals surface area contributed by atoms with Crippen molar-refractivity contribution in [3.05, 3.63) is 83.4 Å². The molecule has 2 amide bonds. The minimum Gasteiger partial charge on any atom is -0.489 e. The Hall–Kier alpha value is -5.00. The van der Waals surface area contributed by atoms with Crippen LogP contribution in [-0.2, 0) is 14.3 Å². The number of carbonyl (C=O) groups excluding carboxylic acids is 3. The molecule has 3 aromatic rings. The van der Waals surface area contributed by atoms with E-state index in [1.807, 2.05) is 48.5 Å². The van der Waals surface area contributed by atoms with Crippen LogP contribution < -0.4 is 20.1 Å². The maximum atomic E-state index is 13.0. The number of fused-ring (bicyclic) bond motifs is 3. The van der Waals surface area contributed by atoms with E-state index in [0.29, 0.717) is 0 Å². The van der Waals surface area contributed by atoms with Crippen molar-refractivity contribution in [3.63, 3.8) is 0 Å². The summed E-state index contributed by atoms with van der Waals surface area (Å²) in [5.74, 6) is -4.00. The third-order valence-electron chi connectivity index (χ3n) is 7.51. The van der Waals surface area contributed by atoms with Gasteiger partial charge in [-0.15, -0.1) is 0 Å². The summed E-state index contributed by atoms with van der Waals surface area (Å²) in [5.41, 5.74) is 3.92. The van der Waals surface area contributed by atoms with Gasteiger partial charge in [0.15, 0.2) is 23.3 Å². The van der Waals surface area contributed by atoms with E-state index in [1.54, 1.807) is 0 Å². The number of carboxylic acids is 1. The Kier molecular flexibility index (Phi) is 9.07. The number of carbonyl (C=O) groups is 4. The number of ketones is 1. The number of nitrogens with one attached hydrogen (secondary N) is 2. The fourth-order valence-corrected chi connectivity index (χ4v) is 5.05. The summed E-state index contributed by atoms with van der Waals surface area (Å²) in [6.07, 6.45) is 0.918. The highest BCUT2D eigenvalue weighted by atomic mass is 19.3. The first-order valence-electron chi connectivity index (χ1n) is 14.0. The van der Waals surface area contributed by atoms with Gasteiger partial charge in [-0.1, -0.05) is 48.5 Å². The van der Waals surface area contributed by atoms with Crippen LogP contribution in [0.25, 0.3) is 11.1 Å². The number of Topliss-reactive ketones (excluding diaryl/α,β-unsaturated/α-hetero) is 1. The van der Waals surface area contributed by atoms with E-state index in [-0.39, 0.29) is 42.1 Å². The van der Waals surface area contributed by atoms with Crippen molar-refractivity contribution in [2.24, 2.45) is 5.92 Å². The monoisotopic (exact) mass is 608 g/mol. The number of carboxylic acid groups (broad SMARTS) is 1. The normalized spacial score (nSPS) is 15.0. The number of halogens is 2. The number of rotatable bonds is 13. The number of hydrogen-bond acceptors (Lipinski definition) is 7. The summed E-state index contributed by atoms with van der Waals surface area (Å²) < 4.78 is 41.1. The Balaban J connectivity index is 1.20. The maximum absolute atomic E-state index is 13.0. The Morgan fingerprint density at radius 2 is 1.52 bits per heavy atom. The van der Waals surface area contributed by atoms with Crippen LogP contribution in [0.1, 0.15) is 47.2 Å². The molecular weight excluding hydrogens is 578 g/mol. The van der Waals surface area contributed by atoms with Gasteiger partial charge in [0.2, 0.25) is 0 Å². The highest BCUT2D eigenvalue weighted by Crippen LogP contribution is 2.44. The lowest BCUT2D eigenvalue weighted by Crippen LogP contribution is -2.53. The van der Waals surface area contributed by atoms with E-state index in [1.165, 1.54) is 6.92 Å². The molecule has 0 aromatic heterocycles. The standard InChI is InChI=1S/C32H30F2N2O8/c1-17(35-32(41)43-16-24-22-8-4-2-6-20(22)21-7-3-5-9-23(21)24)28(37)27(30(39)40)36-29(38)19-12-13-25(44-31(33)34)26(14-19)42-15-18-10-11-18/h2-9,12-14,17-18,24,27,31H,10-11,15-16H2,1H3,(H,35,41)(H,36,38)(H,39,40). The minimum atomic E-state index is -3.13. The van der Waals surface area contributed by atoms with Crippen molar-refractivity contribution in [2.45, 2.75) is 44.4 Å². The second-order valence-electron chi connectivity index (χ2n) is 10.6. The second-order valence-corrected chi connectivity index (χ2v) is 10.6. The molecule has 2 aliphatic rings. The van der Waals surface area contributed by atoms with Crippen molar-refractivity contribution in [1.29, 1.82) is 0 Å². The third kappa shape index (κ3) is 6.96. The zero-order chi connectivity index (χ0) is 31.4. The molecule has 44 heavy (non-hydrogen) atoms. The molecule has 3 aromatic carbocycles. The smallest absolute Gasteiger partial charge is 0.407 e. The molecule has 2 atom stereocenters. The van der Waals surface area contributed by atoms with E-state index in [4.69, 9.17) is 9.47 Å². The van der Waals surface area contributed by atoms with Gasteiger partial charge in [-0.3, -0.25) is 9.59 Å². The number of hydrogen-bond donors (Lipinski definition) is 3. The molecule has 0 saturated heterocycles. The summed E-state index contributed by atoms with van der Waals surface area (Å²) in [6, 6.07) is 15.5. The lowest BCUT2D eigenvalue weighted by atomic mass is 9.98. The van der Waals surface area contributed by atoms with Crippen LogP contribution in [-0.4, -0.2) is 60.8 Å². The minimum absolute atomic E-state index is 0.0176. The highest BCUT2D eigenvalue weighted by Gasteiger charge is 2.34. The number of benzene rings is 3. The van der Waals surface area contributed by atoms with Crippen LogP contribution in [0, 0.1) is 5.92 Å². The number of amides is 2. The Bertz CT molecular complexity index is 1530. The fourth-order valence-electron chi connectivity index (χ4n) is 5.05. The molecule has 0 aliphatic heterocycles. The lowest BCUT2D eigenvalue weighted by molar-refractivity contribution is -0.143. The van der Waals surface area contributed by atoms with Crippen LogP contribution >= 0.6 is 0 Å². The Labute approximate surface area is 251 Å². The first kappa shape index (κ1) is 30.5. The molecule has 1 saturated carbocycles. The zero-order valence-corrected chi connectivity index (χ0v) is 23.6. The highest BCUT2D eigenvalue weighted by molar-refractivity contribution is 6.10. The molecule has 0 radical (unpaired) electrons. The van der Waals surface area contributed by atoms with Crippen LogP contribution in [0.15, 0.2) is 66.7 Å². The maximum Gasteiger partial charge on any atom is 0.407 e. The molecule has 230 valence electrons. The molecule has 0 heterocycles. The number of ether oxygens (including phenoxy) is 3. The van der Waals surface area contributed by atoms with Crippen molar-refractivity contribution in [2.75, 3.05) is 13.2 Å². The summed E-state index contributed by atoms with van der Waals surface area (Å²) in [7, 11) is 0. The van der Waals surface area contributed by atoms with Gasteiger partial charge in [0.25, 0.3) is 5.91 Å². The van der Waals surface area contributed by atoms with Gasteiger partial charge in [0, 0.05) is 11.5 Å². The van der Waals surface area contributed by atoms with Crippen molar-refractivity contribution in [1.82, 2.24) is 10.6 Å². The first-order valence-corrected chi connectivity index (χ1v) is 14.0. The van der Waals surface area contributed by atoms with E-state index in [0.717, 1.165) is 53.3 Å². The molecule has 10 nitrogen and oxygen atoms in total. The third-order valence-corrected chi connectivity index (χ3v) is 7.51. The van der Waals surface area contributed by atoms with E-state index in [2.05, 4.69) is 15.4 Å². The van der Waals surface area contributed by atoms with Crippen LogP contribution in [0.2, 0.25) is 0 Å². The van der Waals surface area contributed by atoms with Gasteiger partial charge >= 0.3 is 18.7 Å². The van der Waals surface area contributed by atoms with Crippen LogP contribution in [0.5, 0.6) is 11.5 Å². The predicted molar refractivity (Wildman–Crippen MR) is 153 cm³/mol. The Morgan fingerprint density at radius 1 is 0.886 bits per heavy atom. The molecule has 5 rings (SSSR count). The molecule has 3 N–H and O–H groups in total. The van der Waals surface area contributed by atoms with Gasteiger partial charge < -0.3 is 30.0 Å². The molecular formula is C32H30F2N2O8. The zero-order valence-electron chi connectivity index (χ0n) is 23.6. The van der Waals surface area contributed by atoms with Gasteiger partial charge in [0.1, 0.15) is 6.61 Å². The lowest BCUT2D eigenvalue weighted by Gasteiger charge is -2.20. The van der Waals surface area contributed by atoms with E-state index in [9.17, 15) is 33.1 Å². The molecule has 2 unspecified atom stereocenters. The average molecular weight is 609 g/mol. The molecule has 1 fully saturated rings. The summed E-state index contributed by atoms with van der Waals surface area (Å²) in [6.45, 7) is -1.64. The van der Waals surface area contributed by atoms with Crippen LogP contribution in [0.3, 0.4) is 0 Å². The van der Waals surface area contributed by atoms with Crippen molar-refractivity contribution in [3.8, 4) is 22.6 Å². The molecule has 2 aliphatic carbocycles. The predicted octanol–water partition coefficient (Wildman–Crippen LogP) is 4.76. The van der Waals surface area contributed by atoms with Crippen molar-refractivity contribution >= 4 is 23.8 Å². The SMILES string of the molecule is CC(NC(=O)OCC1c2ccccc2-c2ccccc21)C(=O)C(NC(=O)c1ccc(OC(F)F)c(OCC2CC2)c1)C(=O)O. The van der Waals surface area contributed by atoms with E-state index >= 15 is 0 Å². The van der Waals surface area contributed by atoms with E-state index < -0.39 is 42.4 Å². The summed E-state index contributed by atoms with van der Waals surface area (Å²) in [5, 5.41) is 14.2. The molecule has 0 bridgehead atoms. The van der Waals surface area contributed by atoms with Gasteiger partial charge in [-0.2, -0.15) is 8.78 Å². The van der Waals surface area contributed by atoms with Gasteiger partial charge in [-0.25, -0.2) is 9.59 Å². The number of aliphatic carboxylic acids is 1. The molecule has 0 spiro atoms.